The van der Waals surface area contributed by atoms with Gasteiger partial charge in [0.2, 0.25) is 0 Å². The van der Waals surface area contributed by atoms with Crippen LogP contribution in [0, 0.1) is 0 Å². The van der Waals surface area contributed by atoms with E-state index in [2.05, 4.69) is 9.97 Å². The van der Waals surface area contributed by atoms with E-state index < -0.39 is 0 Å². The molecule has 5 heteroatoms. The molecule has 1 aromatic carbocycles. The van der Waals surface area contributed by atoms with Crippen molar-refractivity contribution in [3.05, 3.63) is 40.3 Å². The molecule has 0 fully saturated rings. The van der Waals surface area contributed by atoms with E-state index in [4.69, 9.17) is 5.73 Å². The standard InChI is InChI=1S/C12H15N3OS/c1-8(13)6-17-7-11-12(16)15-10-5-3-2-4-9(10)14-11/h2-5,8H,6-7,13H2,1H3,(H,15,16). The number of benzene rings is 1. The van der Waals surface area contributed by atoms with Gasteiger partial charge in [0.05, 0.1) is 11.0 Å². The van der Waals surface area contributed by atoms with Crippen LogP contribution >= 0.6 is 11.8 Å². The Bertz CT molecular complexity index is 565. The minimum absolute atomic E-state index is 0.110. The summed E-state index contributed by atoms with van der Waals surface area (Å²) in [6.07, 6.45) is 0. The Labute approximate surface area is 104 Å². The Balaban J connectivity index is 2.22. The van der Waals surface area contributed by atoms with Crippen LogP contribution in [0.4, 0.5) is 0 Å². The number of aromatic amines is 1. The normalized spacial score (nSPS) is 12.8. The number of aromatic nitrogens is 2. The number of nitrogens with two attached hydrogens (primary N) is 1. The van der Waals surface area contributed by atoms with Gasteiger partial charge in [0.1, 0.15) is 5.69 Å². The van der Waals surface area contributed by atoms with Crippen LogP contribution in [-0.2, 0) is 5.75 Å². The number of hydrogen-bond donors (Lipinski definition) is 2. The van der Waals surface area contributed by atoms with Gasteiger partial charge in [-0.05, 0) is 19.1 Å². The van der Waals surface area contributed by atoms with Crippen molar-refractivity contribution in [1.29, 1.82) is 0 Å². The second-order valence-electron chi connectivity index (χ2n) is 4.02. The van der Waals surface area contributed by atoms with Crippen molar-refractivity contribution in [1.82, 2.24) is 9.97 Å². The number of para-hydroxylation sites is 2. The van der Waals surface area contributed by atoms with Crippen LogP contribution in [0.2, 0.25) is 0 Å². The number of rotatable bonds is 4. The molecule has 0 bridgehead atoms. The summed E-state index contributed by atoms with van der Waals surface area (Å²) in [7, 11) is 0. The maximum Gasteiger partial charge on any atom is 0.270 e. The van der Waals surface area contributed by atoms with Gasteiger partial charge in [0.15, 0.2) is 0 Å². The molecule has 90 valence electrons. The Morgan fingerprint density at radius 3 is 3.00 bits per heavy atom. The van der Waals surface area contributed by atoms with E-state index in [-0.39, 0.29) is 11.6 Å². The van der Waals surface area contributed by atoms with E-state index in [1.54, 1.807) is 11.8 Å². The molecular formula is C12H15N3OS. The lowest BCUT2D eigenvalue weighted by atomic mass is 10.3. The molecule has 1 aromatic heterocycles. The number of nitrogens with one attached hydrogen (secondary N) is 1. The molecular weight excluding hydrogens is 234 g/mol. The Hall–Kier alpha value is -1.33. The van der Waals surface area contributed by atoms with Gasteiger partial charge in [-0.25, -0.2) is 4.98 Å². The minimum atomic E-state index is -0.110. The lowest BCUT2D eigenvalue weighted by Crippen LogP contribution is -2.19. The first-order valence-electron chi connectivity index (χ1n) is 5.48. The number of fused-ring (bicyclic) bond motifs is 1. The van der Waals surface area contributed by atoms with Gasteiger partial charge < -0.3 is 10.7 Å². The first-order valence-corrected chi connectivity index (χ1v) is 6.63. The number of thioether (sulfide) groups is 1. The first kappa shape index (κ1) is 12.1. The predicted octanol–water partition coefficient (Wildman–Crippen LogP) is 1.50. The molecule has 0 aliphatic heterocycles. The molecule has 0 radical (unpaired) electrons. The fourth-order valence-corrected chi connectivity index (χ4v) is 2.39. The molecule has 2 aromatic rings. The Kier molecular flexibility index (Phi) is 3.81. The number of nitrogens with zero attached hydrogens (tertiary/aromatic N) is 1. The smallest absolute Gasteiger partial charge is 0.270 e. The highest BCUT2D eigenvalue weighted by molar-refractivity contribution is 7.98. The van der Waals surface area contributed by atoms with Gasteiger partial charge in [-0.2, -0.15) is 11.8 Å². The quantitative estimate of drug-likeness (QED) is 0.861. The van der Waals surface area contributed by atoms with Crippen LogP contribution in [-0.4, -0.2) is 21.8 Å². The van der Waals surface area contributed by atoms with Crippen LogP contribution < -0.4 is 11.3 Å². The molecule has 3 N–H and O–H groups in total. The lowest BCUT2D eigenvalue weighted by molar-refractivity contribution is 0.846. The third kappa shape index (κ3) is 3.08. The summed E-state index contributed by atoms with van der Waals surface area (Å²) in [6.45, 7) is 1.95. The molecule has 0 aliphatic carbocycles. The molecule has 4 nitrogen and oxygen atoms in total. The minimum Gasteiger partial charge on any atom is -0.327 e. The molecule has 0 saturated carbocycles. The van der Waals surface area contributed by atoms with E-state index in [0.717, 1.165) is 16.8 Å². The molecule has 1 unspecified atom stereocenters. The zero-order valence-corrected chi connectivity index (χ0v) is 10.5. The van der Waals surface area contributed by atoms with E-state index in [1.165, 1.54) is 0 Å². The molecule has 0 amide bonds. The van der Waals surface area contributed by atoms with E-state index >= 15 is 0 Å². The zero-order valence-electron chi connectivity index (χ0n) is 9.64. The average molecular weight is 249 g/mol. The highest BCUT2D eigenvalue weighted by atomic mass is 32.2. The monoisotopic (exact) mass is 249 g/mol. The summed E-state index contributed by atoms with van der Waals surface area (Å²) >= 11 is 1.63. The lowest BCUT2D eigenvalue weighted by Gasteiger charge is -2.04. The summed E-state index contributed by atoms with van der Waals surface area (Å²) < 4.78 is 0. The molecule has 0 saturated heterocycles. The number of H-pyrrole nitrogens is 1. The van der Waals surface area contributed by atoms with Crippen LogP contribution in [0.1, 0.15) is 12.6 Å². The predicted molar refractivity (Wildman–Crippen MR) is 72.2 cm³/mol. The van der Waals surface area contributed by atoms with Gasteiger partial charge in [0.25, 0.3) is 5.56 Å². The third-order valence-electron chi connectivity index (χ3n) is 2.29. The van der Waals surface area contributed by atoms with Gasteiger partial charge in [-0.15, -0.1) is 0 Å². The van der Waals surface area contributed by atoms with E-state index in [1.807, 2.05) is 31.2 Å². The molecule has 0 spiro atoms. The second kappa shape index (κ2) is 5.33. The zero-order chi connectivity index (χ0) is 12.3. The van der Waals surface area contributed by atoms with Gasteiger partial charge in [-0.3, -0.25) is 4.79 Å². The van der Waals surface area contributed by atoms with E-state index in [0.29, 0.717) is 11.4 Å². The van der Waals surface area contributed by atoms with Crippen molar-refractivity contribution in [3.63, 3.8) is 0 Å². The van der Waals surface area contributed by atoms with Gasteiger partial charge in [-0.1, -0.05) is 12.1 Å². The number of hydrogen-bond acceptors (Lipinski definition) is 4. The summed E-state index contributed by atoms with van der Waals surface area (Å²) in [5, 5.41) is 0. The average Bonchev–Trinajstić information content (AvgIpc) is 2.29. The van der Waals surface area contributed by atoms with Crippen molar-refractivity contribution in [3.8, 4) is 0 Å². The van der Waals surface area contributed by atoms with Crippen LogP contribution in [0.25, 0.3) is 11.0 Å². The summed E-state index contributed by atoms with van der Waals surface area (Å²) in [4.78, 5) is 18.9. The van der Waals surface area contributed by atoms with Crippen molar-refractivity contribution in [2.24, 2.45) is 5.73 Å². The largest absolute Gasteiger partial charge is 0.327 e. The molecule has 0 aliphatic rings. The summed E-state index contributed by atoms with van der Waals surface area (Å²) in [5.41, 5.74) is 7.71. The van der Waals surface area contributed by atoms with Crippen LogP contribution in [0.15, 0.2) is 29.1 Å². The van der Waals surface area contributed by atoms with Crippen molar-refractivity contribution < 1.29 is 0 Å². The molecule has 1 atom stereocenters. The van der Waals surface area contributed by atoms with E-state index in [9.17, 15) is 4.79 Å². The highest BCUT2D eigenvalue weighted by Crippen LogP contribution is 2.11. The fraction of sp³-hybridized carbons (Fsp3) is 0.333. The fourth-order valence-electron chi connectivity index (χ4n) is 1.51. The van der Waals surface area contributed by atoms with Gasteiger partial charge in [0, 0.05) is 17.5 Å². The Morgan fingerprint density at radius 2 is 2.24 bits per heavy atom. The van der Waals surface area contributed by atoms with Crippen LogP contribution in [0.5, 0.6) is 0 Å². The molecule has 2 rings (SSSR count). The Morgan fingerprint density at radius 1 is 1.47 bits per heavy atom. The second-order valence-corrected chi connectivity index (χ2v) is 5.05. The van der Waals surface area contributed by atoms with Crippen molar-refractivity contribution in [2.75, 3.05) is 5.75 Å². The van der Waals surface area contributed by atoms with Crippen molar-refractivity contribution >= 4 is 22.8 Å². The summed E-state index contributed by atoms with van der Waals surface area (Å²) in [6, 6.07) is 7.67. The SMILES string of the molecule is CC(N)CSCc1nc2ccccc2[nH]c1=O. The maximum atomic E-state index is 11.7. The highest BCUT2D eigenvalue weighted by Gasteiger charge is 2.05. The van der Waals surface area contributed by atoms with Crippen molar-refractivity contribution in [2.45, 2.75) is 18.7 Å². The summed E-state index contributed by atoms with van der Waals surface area (Å²) in [5.74, 6) is 1.43. The first-order chi connectivity index (χ1) is 8.16. The molecule has 1 heterocycles. The molecule has 17 heavy (non-hydrogen) atoms. The van der Waals surface area contributed by atoms with Crippen LogP contribution in [0.3, 0.4) is 0 Å². The van der Waals surface area contributed by atoms with Gasteiger partial charge >= 0.3 is 0 Å². The topological polar surface area (TPSA) is 71.8 Å². The maximum absolute atomic E-state index is 11.7. The third-order valence-corrected chi connectivity index (χ3v) is 3.53.